The van der Waals surface area contributed by atoms with E-state index < -0.39 is 0 Å². The van der Waals surface area contributed by atoms with Gasteiger partial charge in [0.15, 0.2) is 5.96 Å². The zero-order valence-electron chi connectivity index (χ0n) is 11.1. The minimum absolute atomic E-state index is 0. The maximum Gasteiger partial charge on any atom is 0.191 e. The van der Waals surface area contributed by atoms with Gasteiger partial charge in [-0.2, -0.15) is 11.8 Å². The fourth-order valence-corrected chi connectivity index (χ4v) is 3.67. The van der Waals surface area contributed by atoms with Crippen LogP contribution >= 0.6 is 35.7 Å². The highest BCUT2D eigenvalue weighted by atomic mass is 127. The van der Waals surface area contributed by atoms with E-state index in [1.165, 1.54) is 50.0 Å². The molecule has 5 heteroatoms. The SMILES string of the molecule is I.NC(=NCCCC1CCCC1)N1CCSCC1. The highest BCUT2D eigenvalue weighted by Gasteiger charge is 2.14. The van der Waals surface area contributed by atoms with E-state index in [1.54, 1.807) is 0 Å². The molecule has 1 saturated heterocycles. The molecular formula is C13H26IN3S. The van der Waals surface area contributed by atoms with Crippen molar-refractivity contribution in [1.29, 1.82) is 0 Å². The van der Waals surface area contributed by atoms with Crippen LogP contribution in [-0.4, -0.2) is 42.0 Å². The largest absolute Gasteiger partial charge is 0.370 e. The molecule has 2 fully saturated rings. The normalized spacial score (nSPS) is 22.0. The molecule has 0 amide bonds. The molecule has 2 aliphatic rings. The van der Waals surface area contributed by atoms with Crippen molar-refractivity contribution in [3.8, 4) is 0 Å². The molecule has 2 rings (SSSR count). The molecule has 2 N–H and O–H groups in total. The van der Waals surface area contributed by atoms with E-state index in [0.29, 0.717) is 0 Å². The Morgan fingerprint density at radius 1 is 1.22 bits per heavy atom. The average Bonchev–Trinajstić information content (AvgIpc) is 2.88. The Hall–Kier alpha value is 0.350. The molecule has 1 saturated carbocycles. The van der Waals surface area contributed by atoms with Gasteiger partial charge < -0.3 is 10.6 Å². The fraction of sp³-hybridized carbons (Fsp3) is 0.923. The number of thioether (sulfide) groups is 1. The smallest absolute Gasteiger partial charge is 0.191 e. The monoisotopic (exact) mass is 383 g/mol. The van der Waals surface area contributed by atoms with Crippen LogP contribution in [0.5, 0.6) is 0 Å². The number of rotatable bonds is 4. The second-order valence-electron chi connectivity index (χ2n) is 5.13. The number of nitrogens with two attached hydrogens (primary N) is 1. The lowest BCUT2D eigenvalue weighted by molar-refractivity contribution is 0.452. The van der Waals surface area contributed by atoms with Crippen molar-refractivity contribution in [2.24, 2.45) is 16.6 Å². The lowest BCUT2D eigenvalue weighted by atomic mass is 10.0. The van der Waals surface area contributed by atoms with Crippen LogP contribution < -0.4 is 5.73 Å². The summed E-state index contributed by atoms with van der Waals surface area (Å²) in [6, 6.07) is 0. The fourth-order valence-electron chi connectivity index (χ4n) is 2.77. The summed E-state index contributed by atoms with van der Waals surface area (Å²) < 4.78 is 0. The first-order chi connectivity index (χ1) is 8.36. The molecule has 1 aliphatic carbocycles. The van der Waals surface area contributed by atoms with Gasteiger partial charge in [-0.3, -0.25) is 4.99 Å². The van der Waals surface area contributed by atoms with Crippen molar-refractivity contribution in [2.75, 3.05) is 31.1 Å². The predicted molar refractivity (Wildman–Crippen MR) is 92.0 cm³/mol. The van der Waals surface area contributed by atoms with Gasteiger partial charge in [-0.05, 0) is 18.8 Å². The Bertz CT molecular complexity index is 249. The first kappa shape index (κ1) is 16.4. The molecule has 1 heterocycles. The van der Waals surface area contributed by atoms with Gasteiger partial charge in [0.1, 0.15) is 0 Å². The van der Waals surface area contributed by atoms with Crippen LogP contribution in [-0.2, 0) is 0 Å². The molecule has 0 aromatic carbocycles. The van der Waals surface area contributed by atoms with Gasteiger partial charge in [-0.25, -0.2) is 0 Å². The van der Waals surface area contributed by atoms with Crippen molar-refractivity contribution >= 4 is 41.7 Å². The second kappa shape index (κ2) is 9.28. The molecule has 1 aliphatic heterocycles. The van der Waals surface area contributed by atoms with E-state index in [0.717, 1.165) is 31.5 Å². The first-order valence-electron chi connectivity index (χ1n) is 6.99. The number of aliphatic imine (C=N–C) groups is 1. The van der Waals surface area contributed by atoms with E-state index in [9.17, 15) is 0 Å². The zero-order chi connectivity index (χ0) is 11.9. The number of halogens is 1. The van der Waals surface area contributed by atoms with Crippen LogP contribution in [0.3, 0.4) is 0 Å². The molecule has 0 radical (unpaired) electrons. The summed E-state index contributed by atoms with van der Waals surface area (Å²) in [6.45, 7) is 3.07. The Balaban J connectivity index is 0.00000162. The van der Waals surface area contributed by atoms with Crippen LogP contribution in [0, 0.1) is 5.92 Å². The molecule has 18 heavy (non-hydrogen) atoms. The third-order valence-electron chi connectivity index (χ3n) is 3.85. The number of hydrogen-bond donors (Lipinski definition) is 1. The van der Waals surface area contributed by atoms with Gasteiger partial charge in [0.2, 0.25) is 0 Å². The third kappa shape index (κ3) is 5.55. The lowest BCUT2D eigenvalue weighted by Gasteiger charge is -2.27. The third-order valence-corrected chi connectivity index (χ3v) is 4.80. The minimum atomic E-state index is 0. The van der Waals surface area contributed by atoms with E-state index in [1.807, 2.05) is 11.8 Å². The van der Waals surface area contributed by atoms with E-state index in [2.05, 4.69) is 9.89 Å². The summed E-state index contributed by atoms with van der Waals surface area (Å²) in [5, 5.41) is 0. The van der Waals surface area contributed by atoms with Gasteiger partial charge in [0.25, 0.3) is 0 Å². The topological polar surface area (TPSA) is 41.6 Å². The molecule has 3 nitrogen and oxygen atoms in total. The van der Waals surface area contributed by atoms with Crippen LogP contribution in [0.4, 0.5) is 0 Å². The molecule has 106 valence electrons. The molecule has 0 aromatic rings. The molecule has 0 aromatic heterocycles. The van der Waals surface area contributed by atoms with Crippen LogP contribution in [0.15, 0.2) is 4.99 Å². The molecular weight excluding hydrogens is 357 g/mol. The molecule has 0 unspecified atom stereocenters. The van der Waals surface area contributed by atoms with Gasteiger partial charge in [0.05, 0.1) is 0 Å². The maximum absolute atomic E-state index is 6.01. The van der Waals surface area contributed by atoms with Crippen LogP contribution in [0.2, 0.25) is 0 Å². The van der Waals surface area contributed by atoms with Crippen molar-refractivity contribution < 1.29 is 0 Å². The lowest BCUT2D eigenvalue weighted by Crippen LogP contribution is -2.42. The molecule has 0 spiro atoms. The highest BCUT2D eigenvalue weighted by Crippen LogP contribution is 2.28. The van der Waals surface area contributed by atoms with E-state index >= 15 is 0 Å². The summed E-state index contributed by atoms with van der Waals surface area (Å²) in [5.41, 5.74) is 6.01. The standard InChI is InChI=1S/C13H25N3S.HI/c14-13(16-8-10-17-11-9-16)15-7-3-6-12-4-1-2-5-12;/h12H,1-11H2,(H2,14,15);1H. The highest BCUT2D eigenvalue weighted by molar-refractivity contribution is 14.0. The van der Waals surface area contributed by atoms with Gasteiger partial charge in [-0.15, -0.1) is 24.0 Å². The Morgan fingerprint density at radius 3 is 2.56 bits per heavy atom. The van der Waals surface area contributed by atoms with Crippen molar-refractivity contribution in [2.45, 2.75) is 38.5 Å². The quantitative estimate of drug-likeness (QED) is 0.351. The van der Waals surface area contributed by atoms with Gasteiger partial charge in [-0.1, -0.05) is 25.7 Å². The number of guanidine groups is 1. The number of hydrogen-bond acceptors (Lipinski definition) is 2. The van der Waals surface area contributed by atoms with Gasteiger partial charge >= 0.3 is 0 Å². The summed E-state index contributed by atoms with van der Waals surface area (Å²) in [7, 11) is 0. The maximum atomic E-state index is 6.01. The predicted octanol–water partition coefficient (Wildman–Crippen LogP) is 2.94. The minimum Gasteiger partial charge on any atom is -0.370 e. The van der Waals surface area contributed by atoms with E-state index in [-0.39, 0.29) is 24.0 Å². The van der Waals surface area contributed by atoms with Crippen LogP contribution in [0.25, 0.3) is 0 Å². The summed E-state index contributed by atoms with van der Waals surface area (Å²) in [4.78, 5) is 6.75. The molecule has 0 atom stereocenters. The number of nitrogens with zero attached hydrogens (tertiary/aromatic N) is 2. The van der Waals surface area contributed by atoms with Crippen molar-refractivity contribution in [1.82, 2.24) is 4.90 Å². The zero-order valence-corrected chi connectivity index (χ0v) is 14.3. The first-order valence-corrected chi connectivity index (χ1v) is 8.14. The van der Waals surface area contributed by atoms with Crippen LogP contribution in [0.1, 0.15) is 38.5 Å². The Kier molecular flexibility index (Phi) is 8.46. The Labute approximate surface area is 132 Å². The Morgan fingerprint density at radius 2 is 1.89 bits per heavy atom. The molecule has 0 bridgehead atoms. The van der Waals surface area contributed by atoms with E-state index in [4.69, 9.17) is 5.73 Å². The van der Waals surface area contributed by atoms with Gasteiger partial charge in [0, 0.05) is 31.1 Å². The van der Waals surface area contributed by atoms with Crippen molar-refractivity contribution in [3.05, 3.63) is 0 Å². The summed E-state index contributed by atoms with van der Waals surface area (Å²) in [5.74, 6) is 4.14. The summed E-state index contributed by atoms with van der Waals surface area (Å²) in [6.07, 6.45) is 8.36. The second-order valence-corrected chi connectivity index (χ2v) is 6.36. The van der Waals surface area contributed by atoms with Crippen molar-refractivity contribution in [3.63, 3.8) is 0 Å². The average molecular weight is 383 g/mol. The summed E-state index contributed by atoms with van der Waals surface area (Å²) >= 11 is 2.01.